The maximum Gasteiger partial charge on any atom is 0.341 e. The van der Waals surface area contributed by atoms with E-state index in [4.69, 9.17) is 9.26 Å². The molecule has 0 aliphatic heterocycles. The van der Waals surface area contributed by atoms with Gasteiger partial charge in [0.15, 0.2) is 6.61 Å². The summed E-state index contributed by atoms with van der Waals surface area (Å²) in [5, 5.41) is 4.25. The number of Topliss-reactive ketones (excluding diaryl/α,β-unsaturated/α-hetero) is 1. The lowest BCUT2D eigenvalue weighted by Crippen LogP contribution is -2.16. The lowest BCUT2D eigenvalue weighted by atomic mass is 10.1. The molecule has 0 atom stereocenters. The van der Waals surface area contributed by atoms with Gasteiger partial charge in [-0.3, -0.25) is 4.79 Å². The van der Waals surface area contributed by atoms with Crippen molar-refractivity contribution in [1.29, 1.82) is 0 Å². The van der Waals surface area contributed by atoms with E-state index < -0.39 is 35.6 Å². The molecule has 1 aromatic carbocycles. The number of carbonyl (C=O) groups excluding carboxylic acids is 2. The van der Waals surface area contributed by atoms with Crippen LogP contribution in [-0.4, -0.2) is 28.5 Å². The monoisotopic (exact) mass is 404 g/mol. The van der Waals surface area contributed by atoms with Crippen LogP contribution in [0.5, 0.6) is 0 Å². The maximum absolute atomic E-state index is 13.6. The fraction of sp³-hybridized carbons (Fsp3) is 0.158. The molecular formula is C19H14F2N2O4S. The second kappa shape index (κ2) is 8.75. The molecule has 2 heterocycles. The summed E-state index contributed by atoms with van der Waals surface area (Å²) in [4.78, 5) is 28.5. The van der Waals surface area contributed by atoms with Crippen molar-refractivity contribution in [3.8, 4) is 0 Å². The van der Waals surface area contributed by atoms with Gasteiger partial charge in [-0.1, -0.05) is 16.9 Å². The number of nitrogens with zero attached hydrogens (tertiary/aromatic N) is 2. The Hall–Kier alpha value is -3.07. The van der Waals surface area contributed by atoms with Crippen molar-refractivity contribution in [2.75, 3.05) is 6.61 Å². The summed E-state index contributed by atoms with van der Waals surface area (Å²) in [5.41, 5.74) is 0.361. The van der Waals surface area contributed by atoms with E-state index in [9.17, 15) is 18.4 Å². The van der Waals surface area contributed by atoms with Crippen molar-refractivity contribution in [2.24, 2.45) is 0 Å². The predicted molar refractivity (Wildman–Crippen MR) is 96.0 cm³/mol. The van der Waals surface area contributed by atoms with E-state index in [1.807, 2.05) is 0 Å². The Labute approximate surface area is 162 Å². The third kappa shape index (κ3) is 4.80. The number of thioether (sulfide) groups is 1. The number of ketones is 1. The molecule has 0 amide bonds. The minimum atomic E-state index is -0.886. The van der Waals surface area contributed by atoms with Crippen LogP contribution in [0.3, 0.4) is 0 Å². The zero-order valence-corrected chi connectivity index (χ0v) is 15.5. The number of rotatable bonds is 7. The zero-order valence-electron chi connectivity index (χ0n) is 14.6. The summed E-state index contributed by atoms with van der Waals surface area (Å²) < 4.78 is 36.8. The number of hydrogen-bond acceptors (Lipinski definition) is 7. The topological polar surface area (TPSA) is 82.3 Å². The van der Waals surface area contributed by atoms with E-state index >= 15 is 0 Å². The second-order valence-electron chi connectivity index (χ2n) is 5.70. The Morgan fingerprint density at radius 2 is 2.00 bits per heavy atom. The van der Waals surface area contributed by atoms with Gasteiger partial charge in [-0.05, 0) is 37.3 Å². The maximum atomic E-state index is 13.6. The molecule has 3 rings (SSSR count). The van der Waals surface area contributed by atoms with Gasteiger partial charge in [0.05, 0.1) is 16.8 Å². The number of ether oxygens (including phenoxy) is 1. The molecule has 0 radical (unpaired) electrons. The number of hydrogen-bond donors (Lipinski definition) is 0. The average Bonchev–Trinajstić information content (AvgIpc) is 3.11. The normalized spacial score (nSPS) is 10.7. The Kier molecular flexibility index (Phi) is 6.15. The Morgan fingerprint density at radius 3 is 2.75 bits per heavy atom. The van der Waals surface area contributed by atoms with Crippen molar-refractivity contribution in [2.45, 2.75) is 17.7 Å². The number of aryl methyl sites for hydroxylation is 1. The quantitative estimate of drug-likeness (QED) is 0.335. The Balaban J connectivity index is 1.65. The van der Waals surface area contributed by atoms with Crippen LogP contribution >= 0.6 is 11.8 Å². The molecular weight excluding hydrogens is 390 g/mol. The summed E-state index contributed by atoms with van der Waals surface area (Å²) in [5.74, 6) is -2.20. The van der Waals surface area contributed by atoms with E-state index in [0.717, 1.165) is 18.2 Å². The van der Waals surface area contributed by atoms with E-state index in [2.05, 4.69) is 10.1 Å². The van der Waals surface area contributed by atoms with Gasteiger partial charge in [-0.2, -0.15) is 0 Å². The molecule has 0 aliphatic carbocycles. The molecule has 0 fully saturated rings. The summed E-state index contributed by atoms with van der Waals surface area (Å²) in [7, 11) is 0. The molecule has 0 aliphatic rings. The van der Waals surface area contributed by atoms with Crippen LogP contribution in [0.15, 0.2) is 52.1 Å². The third-order valence-corrected chi connectivity index (χ3v) is 4.63. The summed E-state index contributed by atoms with van der Waals surface area (Å²) in [6.45, 7) is 1.05. The largest absolute Gasteiger partial charge is 0.454 e. The van der Waals surface area contributed by atoms with Gasteiger partial charge >= 0.3 is 5.97 Å². The molecule has 28 heavy (non-hydrogen) atoms. The molecule has 6 nitrogen and oxygen atoms in total. The highest BCUT2D eigenvalue weighted by atomic mass is 32.2. The lowest BCUT2D eigenvalue weighted by Gasteiger charge is -2.08. The third-order valence-electron chi connectivity index (χ3n) is 3.59. The highest BCUT2D eigenvalue weighted by Gasteiger charge is 2.19. The lowest BCUT2D eigenvalue weighted by molar-refractivity contribution is 0.0469. The van der Waals surface area contributed by atoms with Crippen LogP contribution in [0.2, 0.25) is 0 Å². The first-order valence-electron chi connectivity index (χ1n) is 8.09. The van der Waals surface area contributed by atoms with Crippen molar-refractivity contribution in [3.63, 3.8) is 0 Å². The van der Waals surface area contributed by atoms with Crippen molar-refractivity contribution < 1.29 is 27.6 Å². The molecule has 0 saturated carbocycles. The molecule has 0 bridgehead atoms. The highest BCUT2D eigenvalue weighted by Crippen LogP contribution is 2.24. The van der Waals surface area contributed by atoms with Gasteiger partial charge in [-0.25, -0.2) is 18.6 Å². The fourth-order valence-corrected chi connectivity index (χ4v) is 3.15. The van der Waals surface area contributed by atoms with Gasteiger partial charge in [0, 0.05) is 18.0 Å². The van der Waals surface area contributed by atoms with Crippen LogP contribution < -0.4 is 0 Å². The van der Waals surface area contributed by atoms with Gasteiger partial charge in [0.1, 0.15) is 22.4 Å². The molecule has 0 spiro atoms. The highest BCUT2D eigenvalue weighted by molar-refractivity contribution is 7.98. The number of carbonyl (C=O) groups is 2. The second-order valence-corrected chi connectivity index (χ2v) is 6.66. The van der Waals surface area contributed by atoms with Crippen LogP contribution in [0.4, 0.5) is 8.78 Å². The van der Waals surface area contributed by atoms with Crippen molar-refractivity contribution in [3.05, 3.63) is 76.8 Å². The van der Waals surface area contributed by atoms with Crippen LogP contribution in [0.25, 0.3) is 0 Å². The minimum absolute atomic E-state index is 0.153. The molecule has 0 N–H and O–H groups in total. The SMILES string of the molecule is Cc1cc(CSc2ncccc2C(=O)OCC(=O)c2cc(F)ccc2F)no1. The first-order chi connectivity index (χ1) is 13.4. The Bertz CT molecular complexity index is 1020. The first-order valence-corrected chi connectivity index (χ1v) is 9.08. The fourth-order valence-electron chi connectivity index (χ4n) is 2.29. The smallest absolute Gasteiger partial charge is 0.341 e. The summed E-state index contributed by atoms with van der Waals surface area (Å²) in [6, 6.07) is 7.31. The first kappa shape index (κ1) is 19.7. The van der Waals surface area contributed by atoms with Gasteiger partial charge < -0.3 is 9.26 Å². The summed E-state index contributed by atoms with van der Waals surface area (Å²) >= 11 is 1.25. The molecule has 9 heteroatoms. The van der Waals surface area contributed by atoms with Crippen LogP contribution in [-0.2, 0) is 10.5 Å². The van der Waals surface area contributed by atoms with Crippen LogP contribution in [0.1, 0.15) is 32.2 Å². The Morgan fingerprint density at radius 1 is 1.18 bits per heavy atom. The van der Waals surface area contributed by atoms with E-state index in [0.29, 0.717) is 22.2 Å². The summed E-state index contributed by atoms with van der Waals surface area (Å²) in [6.07, 6.45) is 1.51. The number of aromatic nitrogens is 2. The minimum Gasteiger partial charge on any atom is -0.454 e. The van der Waals surface area contributed by atoms with Crippen LogP contribution in [0, 0.1) is 18.6 Å². The average molecular weight is 404 g/mol. The molecule has 144 valence electrons. The van der Waals surface area contributed by atoms with Gasteiger partial charge in [-0.15, -0.1) is 0 Å². The zero-order chi connectivity index (χ0) is 20.1. The van der Waals surface area contributed by atoms with E-state index in [1.165, 1.54) is 24.0 Å². The molecule has 3 aromatic rings. The number of pyridine rings is 1. The number of benzene rings is 1. The molecule has 2 aromatic heterocycles. The van der Waals surface area contributed by atoms with Crippen molar-refractivity contribution >= 4 is 23.5 Å². The van der Waals surface area contributed by atoms with E-state index in [1.54, 1.807) is 19.1 Å². The standard InChI is InChI=1S/C19H14F2N2O4S/c1-11-7-13(23-27-11)10-28-18-14(3-2-6-22-18)19(25)26-9-17(24)15-8-12(20)4-5-16(15)21/h2-8H,9-10H2,1H3. The number of halogens is 2. The predicted octanol–water partition coefficient (Wildman–Crippen LogP) is 3.99. The number of esters is 1. The molecule has 0 unspecified atom stereocenters. The molecule has 0 saturated heterocycles. The van der Waals surface area contributed by atoms with E-state index in [-0.39, 0.29) is 5.56 Å². The van der Waals surface area contributed by atoms with Gasteiger partial charge in [0.2, 0.25) is 5.78 Å². The van der Waals surface area contributed by atoms with Gasteiger partial charge in [0.25, 0.3) is 0 Å². The van der Waals surface area contributed by atoms with Crippen molar-refractivity contribution in [1.82, 2.24) is 10.1 Å².